The van der Waals surface area contributed by atoms with E-state index in [1.54, 1.807) is 22.6 Å². The van der Waals surface area contributed by atoms with Gasteiger partial charge in [0, 0.05) is 22.6 Å². The van der Waals surface area contributed by atoms with Crippen molar-refractivity contribution in [2.45, 2.75) is 49.1 Å². The van der Waals surface area contributed by atoms with Gasteiger partial charge in [0.2, 0.25) is 5.95 Å². The fourth-order valence-electron chi connectivity index (χ4n) is 5.24. The normalized spacial score (nSPS) is 30.3. The lowest BCUT2D eigenvalue weighted by atomic mass is 10.1. The number of ether oxygens (including phenoxy) is 2. The molecule has 0 saturated carbocycles. The SMILES string of the molecule is Nc1nc2c(nc(I)n2[C@@H]2O[C@H](COP(=O)(O)OP(=O)(O)OP(=O)(O)OP(=O)(O)OC[C@H]3O[C@@H](n4cnc5c(N)ncnc54)[C@H](O)[C@@H]3O)[C@@H](O)[C@H]2O)c(=O)[nH]1. The number of nitrogen functional groups attached to an aromatic ring is 2. The highest BCUT2D eigenvalue weighted by atomic mass is 127. The van der Waals surface area contributed by atoms with E-state index in [1.165, 1.54) is 0 Å². The summed E-state index contributed by atoms with van der Waals surface area (Å²) in [6.45, 7) is -2.29. The average Bonchev–Trinajstić information content (AvgIpc) is 3.77. The topological polar surface area (TPSA) is 454 Å². The molecule has 0 radical (unpaired) electrons. The van der Waals surface area contributed by atoms with Gasteiger partial charge in [0.15, 0.2) is 38.9 Å². The molecule has 4 aromatic rings. The lowest BCUT2D eigenvalue weighted by molar-refractivity contribution is -0.0514. The number of aromatic nitrogens is 8. The third-order valence-electron chi connectivity index (χ3n) is 7.54. The van der Waals surface area contributed by atoms with E-state index < -0.39 is 99.1 Å². The summed E-state index contributed by atoms with van der Waals surface area (Å²) in [5.74, 6) is -0.353. The van der Waals surface area contributed by atoms with Crippen molar-refractivity contribution in [3.63, 3.8) is 0 Å². The van der Waals surface area contributed by atoms with E-state index in [0.717, 1.165) is 21.8 Å². The predicted octanol–water partition coefficient (Wildman–Crippen LogP) is -2.55. The fraction of sp³-hybridized carbons (Fsp3) is 0.500. The van der Waals surface area contributed by atoms with Crippen molar-refractivity contribution in [2.24, 2.45) is 0 Å². The van der Waals surface area contributed by atoms with Crippen LogP contribution in [0.1, 0.15) is 12.5 Å². The standard InChI is InChI=1S/C20H27IN10O20P4/c21-19-27-8-15(28-20(23)29-16(8)36)31(19)18-12(35)10(33)6(48-18)2-46-53(39,40)50-55(43,44)51-54(41,42)49-52(37,38)45-1-5-9(32)11(34)17(47-5)30-4-26-7-13(22)24-3-25-14(7)30/h3-6,9-12,17-18,32-35H,1-2H2,(H,37,38)(H,39,40)(H,41,42)(H,43,44)(H2,22,24,25)(H3,23,28,29,36)/t5-,6-,9-,10-,11-,12-,17-,18-/m1/s1. The number of rotatable bonds is 14. The van der Waals surface area contributed by atoms with Crippen molar-refractivity contribution in [2.75, 3.05) is 24.7 Å². The van der Waals surface area contributed by atoms with Gasteiger partial charge in [-0.25, -0.2) is 38.2 Å². The number of aromatic amines is 1. The Bertz CT molecular complexity index is 2360. The summed E-state index contributed by atoms with van der Waals surface area (Å²) in [5, 5.41) is 42.0. The van der Waals surface area contributed by atoms with Gasteiger partial charge in [-0.15, -0.1) is 0 Å². The second kappa shape index (κ2) is 15.4. The molecular formula is C20H27IN10O20P4. The first-order valence-electron chi connectivity index (χ1n) is 14.6. The summed E-state index contributed by atoms with van der Waals surface area (Å²) in [7, 11) is -24.1. The van der Waals surface area contributed by atoms with Crippen molar-refractivity contribution in [1.82, 2.24) is 39.0 Å². The number of anilines is 2. The molecular weight excluding hydrogens is 951 g/mol. The zero-order valence-corrected chi connectivity index (χ0v) is 32.4. The first kappa shape index (κ1) is 42.2. The highest BCUT2D eigenvalue weighted by Crippen LogP contribution is 2.71. The van der Waals surface area contributed by atoms with Crippen LogP contribution in [-0.2, 0) is 49.7 Å². The van der Waals surface area contributed by atoms with Gasteiger partial charge in [-0.05, 0) is 0 Å². The molecule has 4 unspecified atom stereocenters. The Hall–Kier alpha value is -2.45. The minimum absolute atomic E-state index is 0.0210. The number of aliphatic hydroxyl groups is 4. The molecule has 0 aliphatic carbocycles. The summed E-state index contributed by atoms with van der Waals surface area (Å²) in [6, 6.07) is 0. The molecule has 304 valence electrons. The molecule has 2 fully saturated rings. The van der Waals surface area contributed by atoms with Gasteiger partial charge in [-0.3, -0.25) is 28.0 Å². The molecule has 2 saturated heterocycles. The molecule has 2 aliphatic rings. The first-order chi connectivity index (χ1) is 25.5. The summed E-state index contributed by atoms with van der Waals surface area (Å²) in [6.07, 6.45) is -11.3. The van der Waals surface area contributed by atoms with Gasteiger partial charge >= 0.3 is 31.3 Å². The molecule has 6 rings (SSSR count). The van der Waals surface area contributed by atoms with E-state index in [0.29, 0.717) is 0 Å². The number of fused-ring (bicyclic) bond motifs is 2. The highest BCUT2D eigenvalue weighted by Gasteiger charge is 2.50. The minimum atomic E-state index is -6.23. The van der Waals surface area contributed by atoms with Crippen molar-refractivity contribution in [3.8, 4) is 0 Å². The molecule has 55 heavy (non-hydrogen) atoms. The van der Waals surface area contributed by atoms with Gasteiger partial charge in [0.05, 0.1) is 19.5 Å². The highest BCUT2D eigenvalue weighted by molar-refractivity contribution is 14.1. The average molecular weight is 978 g/mol. The number of hydrogen-bond acceptors (Lipinski definition) is 23. The van der Waals surface area contributed by atoms with Gasteiger partial charge in [-0.1, -0.05) is 0 Å². The van der Waals surface area contributed by atoms with E-state index in [2.05, 4.69) is 51.9 Å². The van der Waals surface area contributed by atoms with Crippen LogP contribution in [-0.4, -0.2) is 129 Å². The largest absolute Gasteiger partial charge is 0.490 e. The Labute approximate surface area is 316 Å². The number of halogens is 1. The molecule has 0 amide bonds. The van der Waals surface area contributed by atoms with Gasteiger partial charge in [-0.2, -0.15) is 17.9 Å². The molecule has 12 atom stereocenters. The quantitative estimate of drug-likeness (QED) is 0.0352. The number of nitrogens with zero attached hydrogens (tertiary/aromatic N) is 7. The maximum atomic E-state index is 12.5. The summed E-state index contributed by atoms with van der Waals surface area (Å²) in [5.41, 5.74) is 10.3. The number of phosphoric acid groups is 4. The van der Waals surface area contributed by atoms with E-state index in [1.807, 2.05) is 0 Å². The molecule has 0 spiro atoms. The van der Waals surface area contributed by atoms with Crippen molar-refractivity contribution >= 4 is 88.0 Å². The predicted molar refractivity (Wildman–Crippen MR) is 181 cm³/mol. The maximum absolute atomic E-state index is 12.5. The van der Waals surface area contributed by atoms with Crippen LogP contribution in [0.3, 0.4) is 0 Å². The fourth-order valence-corrected chi connectivity index (χ4v) is 10.9. The zero-order valence-electron chi connectivity index (χ0n) is 26.6. The number of H-pyrrole nitrogens is 1. The second-order valence-corrected chi connectivity index (χ2v) is 18.4. The number of aliphatic hydroxyl groups excluding tert-OH is 4. The Kier molecular flexibility index (Phi) is 11.8. The molecule has 4 aromatic heterocycles. The number of imidazole rings is 2. The number of hydrogen-bond donors (Lipinski definition) is 11. The molecule has 0 bridgehead atoms. The van der Waals surface area contributed by atoms with Gasteiger partial charge < -0.3 is 60.9 Å². The van der Waals surface area contributed by atoms with Gasteiger partial charge in [0.1, 0.15) is 48.5 Å². The van der Waals surface area contributed by atoms with Crippen LogP contribution >= 0.6 is 53.9 Å². The van der Waals surface area contributed by atoms with Crippen LogP contribution in [0, 0.1) is 3.83 Å². The second-order valence-electron chi connectivity index (χ2n) is 11.3. The smallest absolute Gasteiger partial charge is 0.387 e. The maximum Gasteiger partial charge on any atom is 0.490 e. The van der Waals surface area contributed by atoms with Crippen molar-refractivity contribution < 1.29 is 89.7 Å². The lowest BCUT2D eigenvalue weighted by Gasteiger charge is -2.21. The Morgan fingerprint density at radius 1 is 0.745 bits per heavy atom. The van der Waals surface area contributed by atoms with E-state index >= 15 is 0 Å². The number of nitrogens with two attached hydrogens (primary N) is 2. The Morgan fingerprint density at radius 3 is 1.85 bits per heavy atom. The summed E-state index contributed by atoms with van der Waals surface area (Å²) < 4.78 is 83.5. The number of nitrogens with one attached hydrogen (secondary N) is 1. The summed E-state index contributed by atoms with van der Waals surface area (Å²) >= 11 is 1.65. The molecule has 13 N–H and O–H groups in total. The van der Waals surface area contributed by atoms with Crippen LogP contribution < -0.4 is 17.0 Å². The first-order valence-corrected chi connectivity index (χ1v) is 21.7. The number of phosphoric ester groups is 2. The van der Waals surface area contributed by atoms with Crippen molar-refractivity contribution in [3.05, 3.63) is 26.8 Å². The third-order valence-corrected chi connectivity index (χ3v) is 14.2. The molecule has 30 nitrogen and oxygen atoms in total. The Balaban J connectivity index is 1.03. The molecule has 0 aromatic carbocycles. The zero-order chi connectivity index (χ0) is 40.4. The molecule has 6 heterocycles. The third kappa shape index (κ3) is 9.01. The molecule has 2 aliphatic heterocycles. The van der Waals surface area contributed by atoms with Crippen LogP contribution in [0.2, 0.25) is 0 Å². The van der Waals surface area contributed by atoms with E-state index in [9.17, 15) is 63.1 Å². The lowest BCUT2D eigenvalue weighted by Crippen LogP contribution is -2.33. The summed E-state index contributed by atoms with van der Waals surface area (Å²) in [4.78, 5) is 73.8. The van der Waals surface area contributed by atoms with Crippen LogP contribution in [0.5, 0.6) is 0 Å². The van der Waals surface area contributed by atoms with Gasteiger partial charge in [0.25, 0.3) is 5.56 Å². The van der Waals surface area contributed by atoms with Crippen molar-refractivity contribution in [1.29, 1.82) is 0 Å². The van der Waals surface area contributed by atoms with E-state index in [-0.39, 0.29) is 37.9 Å². The Morgan fingerprint density at radius 2 is 1.27 bits per heavy atom. The van der Waals surface area contributed by atoms with Crippen LogP contribution in [0.4, 0.5) is 11.8 Å². The molecule has 35 heteroatoms. The monoisotopic (exact) mass is 978 g/mol. The van der Waals surface area contributed by atoms with Crippen LogP contribution in [0.15, 0.2) is 17.4 Å². The minimum Gasteiger partial charge on any atom is -0.387 e. The van der Waals surface area contributed by atoms with Crippen LogP contribution in [0.25, 0.3) is 22.3 Å². The van der Waals surface area contributed by atoms with E-state index in [4.69, 9.17) is 20.9 Å².